The predicted molar refractivity (Wildman–Crippen MR) is 128 cm³/mol. The molecule has 10 heteroatoms. The number of carbonyl (C=O) groups is 1. The summed E-state index contributed by atoms with van der Waals surface area (Å²) < 4.78 is 26.6. The first-order chi connectivity index (χ1) is 14.4. The van der Waals surface area contributed by atoms with Gasteiger partial charge in [-0.3, -0.25) is 14.0 Å². The number of carbonyl (C=O) groups excluding carboxylic acids is 1. The number of rotatable bonds is 11. The Morgan fingerprint density at radius 1 is 1.23 bits per heavy atom. The zero-order chi connectivity index (χ0) is 22.0. The first-order valence-electron chi connectivity index (χ1n) is 9.29. The fourth-order valence-corrected chi connectivity index (χ4v) is 6.73. The van der Waals surface area contributed by atoms with Crippen LogP contribution in [0.15, 0.2) is 58.0 Å². The number of hydrogen-bond donors (Lipinski definition) is 0. The first kappa shape index (κ1) is 25.0. The van der Waals surface area contributed by atoms with Crippen molar-refractivity contribution in [2.45, 2.75) is 20.3 Å². The third kappa shape index (κ3) is 7.75. The number of benzene rings is 2. The molecule has 162 valence electrons. The Morgan fingerprint density at radius 2 is 1.93 bits per heavy atom. The molecule has 2 aromatic rings. The lowest BCUT2D eigenvalue weighted by Crippen LogP contribution is -2.24. The summed E-state index contributed by atoms with van der Waals surface area (Å²) in [4.78, 5) is 16.7. The largest absolute Gasteiger partial charge is 0.426 e. The molecule has 0 aliphatic carbocycles. The van der Waals surface area contributed by atoms with Gasteiger partial charge >= 0.3 is 12.7 Å². The molecule has 0 N–H and O–H groups in total. The molecule has 30 heavy (non-hydrogen) atoms. The van der Waals surface area contributed by atoms with E-state index in [1.54, 1.807) is 31.2 Å². The van der Waals surface area contributed by atoms with E-state index in [0.717, 1.165) is 4.47 Å². The van der Waals surface area contributed by atoms with Crippen LogP contribution in [0, 0.1) is 0 Å². The smallest absolute Gasteiger partial charge is 0.354 e. The van der Waals surface area contributed by atoms with Crippen molar-refractivity contribution in [1.82, 2.24) is 4.67 Å². The fourth-order valence-electron chi connectivity index (χ4n) is 2.33. The number of para-hydroxylation sites is 1. The maximum absolute atomic E-state index is 13.4. The molecule has 0 heterocycles. The minimum Gasteiger partial charge on any atom is -0.426 e. The van der Waals surface area contributed by atoms with Crippen LogP contribution in [0.2, 0.25) is 5.02 Å². The Balaban J connectivity index is 2.15. The van der Waals surface area contributed by atoms with Gasteiger partial charge in [0.25, 0.3) is 0 Å². The molecule has 1 unspecified atom stereocenters. The summed E-state index contributed by atoms with van der Waals surface area (Å²) >= 11 is 10.5. The Hall–Kier alpha value is -1.31. The molecule has 0 radical (unpaired) electrons. The molecule has 0 fully saturated rings. The predicted octanol–water partition coefficient (Wildman–Crippen LogP) is 6.96. The number of nitrogens with zero attached hydrogens (tertiary/aromatic N) is 2. The number of esters is 1. The zero-order valence-electron chi connectivity index (χ0n) is 16.7. The highest BCUT2D eigenvalue weighted by Gasteiger charge is 2.30. The third-order valence-electron chi connectivity index (χ3n) is 3.67. The lowest BCUT2D eigenvalue weighted by atomic mass is 10.3. The summed E-state index contributed by atoms with van der Waals surface area (Å²) in [7, 11) is 0. The SMILES string of the molecule is CCOP(=O)(SCC)N(C=Nc1ccccc1Br)CCC(=O)Oc1ccc(Cl)cc1. The topological polar surface area (TPSA) is 68.2 Å². The maximum Gasteiger partial charge on any atom is 0.354 e. The van der Waals surface area contributed by atoms with E-state index in [1.165, 1.54) is 22.4 Å². The van der Waals surface area contributed by atoms with Crippen LogP contribution in [-0.2, 0) is 13.9 Å². The van der Waals surface area contributed by atoms with Gasteiger partial charge in [-0.05, 0) is 70.6 Å². The van der Waals surface area contributed by atoms with Crippen molar-refractivity contribution >= 4 is 63.6 Å². The molecular weight excluding hydrogens is 511 g/mol. The molecule has 0 aliphatic heterocycles. The fraction of sp³-hybridized carbons (Fsp3) is 0.300. The van der Waals surface area contributed by atoms with Gasteiger partial charge in [0.15, 0.2) is 0 Å². The molecule has 0 amide bonds. The van der Waals surface area contributed by atoms with Gasteiger partial charge in [0.2, 0.25) is 0 Å². The van der Waals surface area contributed by atoms with Crippen molar-refractivity contribution in [3.05, 3.63) is 58.0 Å². The summed E-state index contributed by atoms with van der Waals surface area (Å²) in [6.45, 7) is 0.815. The van der Waals surface area contributed by atoms with E-state index in [9.17, 15) is 9.36 Å². The van der Waals surface area contributed by atoms with Gasteiger partial charge in [-0.1, -0.05) is 30.7 Å². The van der Waals surface area contributed by atoms with Crippen LogP contribution in [0.25, 0.3) is 0 Å². The van der Waals surface area contributed by atoms with Gasteiger partial charge in [0.05, 0.1) is 25.1 Å². The van der Waals surface area contributed by atoms with Gasteiger partial charge in [0, 0.05) is 21.8 Å². The molecule has 2 aromatic carbocycles. The minimum atomic E-state index is -3.27. The van der Waals surface area contributed by atoms with Crippen LogP contribution in [0.1, 0.15) is 20.3 Å². The molecule has 2 rings (SSSR count). The van der Waals surface area contributed by atoms with Gasteiger partial charge in [-0.15, -0.1) is 0 Å². The van der Waals surface area contributed by atoms with Crippen LogP contribution in [0.4, 0.5) is 5.69 Å². The van der Waals surface area contributed by atoms with Crippen LogP contribution in [-0.4, -0.2) is 35.9 Å². The number of aliphatic imine (C=N–C) groups is 1. The highest BCUT2D eigenvalue weighted by Crippen LogP contribution is 2.61. The van der Waals surface area contributed by atoms with E-state index >= 15 is 0 Å². The molecule has 0 aromatic heterocycles. The van der Waals surface area contributed by atoms with Gasteiger partial charge < -0.3 is 9.26 Å². The van der Waals surface area contributed by atoms with E-state index in [1.807, 2.05) is 31.2 Å². The minimum absolute atomic E-state index is 0.00590. The molecule has 0 bridgehead atoms. The Bertz CT molecular complexity index is 904. The zero-order valence-corrected chi connectivity index (χ0v) is 20.7. The Morgan fingerprint density at radius 3 is 2.57 bits per heavy atom. The van der Waals surface area contributed by atoms with E-state index in [2.05, 4.69) is 20.9 Å². The van der Waals surface area contributed by atoms with Gasteiger partial charge in [-0.25, -0.2) is 4.99 Å². The highest BCUT2D eigenvalue weighted by molar-refractivity contribution is 9.10. The summed E-state index contributed by atoms with van der Waals surface area (Å²) in [6.07, 6.45) is 1.47. The second-order valence-electron chi connectivity index (χ2n) is 5.84. The summed E-state index contributed by atoms with van der Waals surface area (Å²) in [5.74, 6) is 0.529. The molecule has 0 aliphatic rings. The number of halogens is 2. The summed E-state index contributed by atoms with van der Waals surface area (Å²) in [6, 6.07) is 13.9. The lowest BCUT2D eigenvalue weighted by Gasteiger charge is -2.27. The second kappa shape index (κ2) is 12.5. The Labute approximate surface area is 194 Å². The molecule has 0 spiro atoms. The van der Waals surface area contributed by atoms with Gasteiger partial charge in [0.1, 0.15) is 5.75 Å². The molecule has 6 nitrogen and oxygen atoms in total. The lowest BCUT2D eigenvalue weighted by molar-refractivity contribution is -0.134. The van der Waals surface area contributed by atoms with Crippen molar-refractivity contribution in [1.29, 1.82) is 0 Å². The van der Waals surface area contributed by atoms with Crippen LogP contribution in [0.5, 0.6) is 5.75 Å². The van der Waals surface area contributed by atoms with E-state index in [-0.39, 0.29) is 19.6 Å². The van der Waals surface area contributed by atoms with E-state index in [0.29, 0.717) is 22.2 Å². The monoisotopic (exact) mass is 532 g/mol. The van der Waals surface area contributed by atoms with Crippen molar-refractivity contribution in [2.75, 3.05) is 18.9 Å². The number of ether oxygens (including phenoxy) is 1. The van der Waals surface area contributed by atoms with Crippen molar-refractivity contribution in [2.24, 2.45) is 4.99 Å². The van der Waals surface area contributed by atoms with Crippen LogP contribution in [0.3, 0.4) is 0 Å². The average Bonchev–Trinajstić information content (AvgIpc) is 2.71. The van der Waals surface area contributed by atoms with Gasteiger partial charge in [-0.2, -0.15) is 0 Å². The van der Waals surface area contributed by atoms with Crippen LogP contribution >= 0.6 is 45.6 Å². The average molecular weight is 534 g/mol. The molecule has 1 atom stereocenters. The highest BCUT2D eigenvalue weighted by atomic mass is 79.9. The first-order valence-corrected chi connectivity index (χ1v) is 13.6. The summed E-state index contributed by atoms with van der Waals surface area (Å²) in [5, 5.41) is 0.554. The molecule has 0 saturated heterocycles. The number of hydrogen-bond acceptors (Lipinski definition) is 6. The van der Waals surface area contributed by atoms with Crippen molar-refractivity contribution < 1.29 is 18.6 Å². The molecular formula is C20H23BrClN2O4PS. The molecule has 0 saturated carbocycles. The van der Waals surface area contributed by atoms with E-state index in [4.69, 9.17) is 20.9 Å². The third-order valence-corrected chi connectivity index (χ3v) is 9.40. The van der Waals surface area contributed by atoms with Crippen molar-refractivity contribution in [3.8, 4) is 5.75 Å². The normalized spacial score (nSPS) is 13.2. The second-order valence-corrected chi connectivity index (χ2v) is 11.8. The summed E-state index contributed by atoms with van der Waals surface area (Å²) in [5.41, 5.74) is 0.677. The Kier molecular flexibility index (Phi) is 10.4. The van der Waals surface area contributed by atoms with Crippen molar-refractivity contribution in [3.63, 3.8) is 0 Å². The quantitative estimate of drug-likeness (QED) is 0.102. The standard InChI is InChI=1S/C20H23BrClN2O4PS/c1-3-27-29(26,30-4-2)24(15-23-19-8-6-5-7-18(19)21)14-13-20(25)28-17-11-9-16(22)10-12-17/h5-12,15H,3-4,13-14H2,1-2H3. The maximum atomic E-state index is 13.4. The van der Waals surface area contributed by atoms with E-state index < -0.39 is 12.7 Å². The van der Waals surface area contributed by atoms with Crippen LogP contribution < -0.4 is 4.74 Å².